The van der Waals surface area contributed by atoms with Gasteiger partial charge in [-0.05, 0) is 37.1 Å². The van der Waals surface area contributed by atoms with Crippen molar-refractivity contribution in [2.45, 2.75) is 39.2 Å². The van der Waals surface area contributed by atoms with E-state index in [-0.39, 0.29) is 18.4 Å². The summed E-state index contributed by atoms with van der Waals surface area (Å²) in [5.74, 6) is 1.18. The molecule has 1 aromatic carbocycles. The fourth-order valence-electron chi connectivity index (χ4n) is 2.90. The predicted molar refractivity (Wildman–Crippen MR) is 99.3 cm³/mol. The minimum absolute atomic E-state index is 0.0824. The number of carbonyl (C=O) groups excluding carboxylic acids is 2. The normalized spacial score (nSPS) is 13.9. The third-order valence-corrected chi connectivity index (χ3v) is 4.30. The third kappa shape index (κ3) is 4.41. The highest BCUT2D eigenvalue weighted by Gasteiger charge is 2.21. The molecule has 0 spiro atoms. The van der Waals surface area contributed by atoms with Crippen LogP contribution in [0.1, 0.15) is 32.6 Å². The molecule has 0 radical (unpaired) electrons. The molecule has 0 bridgehead atoms. The molecule has 0 atom stereocenters. The van der Waals surface area contributed by atoms with Crippen LogP contribution in [0.3, 0.4) is 0 Å². The van der Waals surface area contributed by atoms with Crippen molar-refractivity contribution in [1.82, 2.24) is 9.78 Å². The molecule has 7 nitrogen and oxygen atoms in total. The molecule has 0 unspecified atom stereocenters. The van der Waals surface area contributed by atoms with Gasteiger partial charge in [-0.25, -0.2) is 4.68 Å². The summed E-state index contributed by atoms with van der Waals surface area (Å²) >= 11 is 0. The van der Waals surface area contributed by atoms with Crippen LogP contribution in [-0.4, -0.2) is 34.7 Å². The zero-order valence-electron chi connectivity index (χ0n) is 15.0. The number of nitrogens with zero attached hydrogens (tertiary/aromatic N) is 3. The van der Waals surface area contributed by atoms with Gasteiger partial charge in [-0.1, -0.05) is 13.3 Å². The molecule has 2 heterocycles. The first-order valence-electron chi connectivity index (χ1n) is 9.02. The smallest absolute Gasteiger partial charge is 0.263 e. The second-order valence-corrected chi connectivity index (χ2v) is 6.27. The molecular formula is C19H24N4O3. The molecular weight excluding hydrogens is 332 g/mol. The number of amides is 2. The first-order valence-corrected chi connectivity index (χ1v) is 9.02. The number of hydrogen-bond acceptors (Lipinski definition) is 4. The topological polar surface area (TPSA) is 76.5 Å². The van der Waals surface area contributed by atoms with Gasteiger partial charge in [0.2, 0.25) is 5.91 Å². The number of benzene rings is 1. The lowest BCUT2D eigenvalue weighted by atomic mass is 10.3. The molecule has 26 heavy (non-hydrogen) atoms. The van der Waals surface area contributed by atoms with Crippen LogP contribution in [-0.2, 0) is 16.1 Å². The number of nitrogens with one attached hydrogen (secondary N) is 1. The summed E-state index contributed by atoms with van der Waals surface area (Å²) in [5.41, 5.74) is 0.865. The van der Waals surface area contributed by atoms with Crippen molar-refractivity contribution in [3.63, 3.8) is 0 Å². The molecule has 1 fully saturated rings. The van der Waals surface area contributed by atoms with E-state index in [9.17, 15) is 9.59 Å². The highest BCUT2D eigenvalue weighted by Crippen LogP contribution is 2.23. The van der Waals surface area contributed by atoms with E-state index in [1.165, 1.54) is 0 Å². The first-order chi connectivity index (χ1) is 12.7. The van der Waals surface area contributed by atoms with Crippen LogP contribution in [0.25, 0.3) is 0 Å². The standard InChI is InChI=1S/C19H24N4O3/c1-2-3-13-23-17(10-11-20-23)21-18(24)14-26-16-8-6-15(7-9-16)22-12-4-5-19(22)25/h6-11H,2-5,12-14H2,1H3,(H,21,24). The summed E-state index contributed by atoms with van der Waals surface area (Å²) in [7, 11) is 0. The Morgan fingerprint density at radius 1 is 1.27 bits per heavy atom. The maximum Gasteiger partial charge on any atom is 0.263 e. The van der Waals surface area contributed by atoms with Crippen LogP contribution in [0.15, 0.2) is 36.5 Å². The molecule has 1 aliphatic rings. The Bertz CT molecular complexity index is 754. The minimum atomic E-state index is -0.234. The van der Waals surface area contributed by atoms with Crippen LogP contribution in [0.2, 0.25) is 0 Å². The summed E-state index contributed by atoms with van der Waals surface area (Å²) in [4.78, 5) is 25.6. The van der Waals surface area contributed by atoms with E-state index in [0.29, 0.717) is 18.0 Å². The lowest BCUT2D eigenvalue weighted by Gasteiger charge is -2.16. The van der Waals surface area contributed by atoms with Gasteiger partial charge in [0.1, 0.15) is 11.6 Å². The van der Waals surface area contributed by atoms with E-state index in [1.54, 1.807) is 34.0 Å². The average molecular weight is 356 g/mol. The van der Waals surface area contributed by atoms with Crippen molar-refractivity contribution in [3.8, 4) is 5.75 Å². The van der Waals surface area contributed by atoms with Crippen LogP contribution in [0, 0.1) is 0 Å². The monoisotopic (exact) mass is 356 g/mol. The summed E-state index contributed by atoms with van der Waals surface area (Å²) in [6.45, 7) is 3.56. The van der Waals surface area contributed by atoms with Gasteiger partial charge in [-0.2, -0.15) is 5.10 Å². The lowest BCUT2D eigenvalue weighted by Crippen LogP contribution is -2.23. The second kappa shape index (κ2) is 8.51. The maximum atomic E-state index is 12.1. The fourth-order valence-corrected chi connectivity index (χ4v) is 2.90. The number of unbranched alkanes of at least 4 members (excludes halogenated alkanes) is 1. The van der Waals surface area contributed by atoms with Crippen molar-refractivity contribution in [2.75, 3.05) is 23.4 Å². The van der Waals surface area contributed by atoms with Crippen molar-refractivity contribution in [2.24, 2.45) is 0 Å². The zero-order valence-corrected chi connectivity index (χ0v) is 15.0. The van der Waals surface area contributed by atoms with E-state index < -0.39 is 0 Å². The zero-order chi connectivity index (χ0) is 18.4. The maximum absolute atomic E-state index is 12.1. The van der Waals surface area contributed by atoms with Gasteiger partial charge in [0.05, 0.1) is 6.20 Å². The van der Waals surface area contributed by atoms with Crippen molar-refractivity contribution >= 4 is 23.3 Å². The number of carbonyl (C=O) groups is 2. The Labute approximate surface area is 152 Å². The molecule has 1 N–H and O–H groups in total. The number of ether oxygens (including phenoxy) is 1. The fraction of sp³-hybridized carbons (Fsp3) is 0.421. The van der Waals surface area contributed by atoms with E-state index in [0.717, 1.165) is 38.0 Å². The largest absolute Gasteiger partial charge is 0.484 e. The molecule has 0 aliphatic carbocycles. The molecule has 1 saturated heterocycles. The van der Waals surface area contributed by atoms with Gasteiger partial charge >= 0.3 is 0 Å². The Kier molecular flexibility index (Phi) is 5.88. The number of rotatable bonds is 8. The van der Waals surface area contributed by atoms with E-state index >= 15 is 0 Å². The van der Waals surface area contributed by atoms with E-state index in [2.05, 4.69) is 17.3 Å². The first kappa shape index (κ1) is 18.0. The molecule has 0 saturated carbocycles. The summed E-state index contributed by atoms with van der Waals surface area (Å²) in [6.07, 6.45) is 5.24. The number of aromatic nitrogens is 2. The quantitative estimate of drug-likeness (QED) is 0.789. The number of anilines is 2. The van der Waals surface area contributed by atoms with Gasteiger partial charge in [0, 0.05) is 31.3 Å². The summed E-state index contributed by atoms with van der Waals surface area (Å²) in [6, 6.07) is 9.02. The van der Waals surface area contributed by atoms with Crippen molar-refractivity contribution in [1.29, 1.82) is 0 Å². The predicted octanol–water partition coefficient (Wildman–Crippen LogP) is 2.83. The van der Waals surface area contributed by atoms with Crippen LogP contribution >= 0.6 is 0 Å². The molecule has 2 amide bonds. The number of aryl methyl sites for hydroxylation is 1. The van der Waals surface area contributed by atoms with Gasteiger partial charge in [0.25, 0.3) is 5.91 Å². The molecule has 138 valence electrons. The van der Waals surface area contributed by atoms with Crippen LogP contribution in [0.5, 0.6) is 5.75 Å². The molecule has 1 aromatic heterocycles. The molecule has 2 aromatic rings. The van der Waals surface area contributed by atoms with Gasteiger partial charge in [-0.3, -0.25) is 9.59 Å². The van der Waals surface area contributed by atoms with Gasteiger partial charge in [-0.15, -0.1) is 0 Å². The Morgan fingerprint density at radius 2 is 2.08 bits per heavy atom. The molecule has 1 aliphatic heterocycles. The SMILES string of the molecule is CCCCn1nccc1NC(=O)COc1ccc(N2CCCC2=O)cc1. The van der Waals surface area contributed by atoms with Crippen LogP contribution < -0.4 is 15.0 Å². The van der Waals surface area contributed by atoms with Gasteiger partial charge < -0.3 is 15.0 Å². The lowest BCUT2D eigenvalue weighted by molar-refractivity contribution is -0.118. The van der Waals surface area contributed by atoms with Crippen LogP contribution in [0.4, 0.5) is 11.5 Å². The van der Waals surface area contributed by atoms with Crippen molar-refractivity contribution in [3.05, 3.63) is 36.5 Å². The Balaban J connectivity index is 1.50. The second-order valence-electron chi connectivity index (χ2n) is 6.27. The van der Waals surface area contributed by atoms with Crippen molar-refractivity contribution < 1.29 is 14.3 Å². The third-order valence-electron chi connectivity index (χ3n) is 4.30. The highest BCUT2D eigenvalue weighted by molar-refractivity contribution is 5.95. The highest BCUT2D eigenvalue weighted by atomic mass is 16.5. The van der Waals surface area contributed by atoms with E-state index in [4.69, 9.17) is 4.74 Å². The molecule has 7 heteroatoms. The minimum Gasteiger partial charge on any atom is -0.484 e. The Hall–Kier alpha value is -2.83. The average Bonchev–Trinajstić information content (AvgIpc) is 3.27. The summed E-state index contributed by atoms with van der Waals surface area (Å²) in [5, 5.41) is 7.02. The van der Waals surface area contributed by atoms with Gasteiger partial charge in [0.15, 0.2) is 6.61 Å². The Morgan fingerprint density at radius 3 is 2.77 bits per heavy atom. The molecule has 3 rings (SSSR count). The summed E-state index contributed by atoms with van der Waals surface area (Å²) < 4.78 is 7.32. The number of hydrogen-bond donors (Lipinski definition) is 1. The van der Waals surface area contributed by atoms with E-state index in [1.807, 2.05) is 12.1 Å².